The predicted molar refractivity (Wildman–Crippen MR) is 99.3 cm³/mol. The Morgan fingerprint density at radius 1 is 1.36 bits per heavy atom. The number of aromatic nitrogens is 4. The highest BCUT2D eigenvalue weighted by Crippen LogP contribution is 2.36. The molecule has 0 N–H and O–H groups in total. The second kappa shape index (κ2) is 8.10. The summed E-state index contributed by atoms with van der Waals surface area (Å²) < 4.78 is 40.4. The Morgan fingerprint density at radius 3 is 2.68 bits per heavy atom. The van der Waals surface area contributed by atoms with Crippen LogP contribution in [0.15, 0.2) is 23.4 Å². The lowest BCUT2D eigenvalue weighted by Crippen LogP contribution is -2.46. The van der Waals surface area contributed by atoms with E-state index in [1.54, 1.807) is 6.92 Å². The fourth-order valence-corrected chi connectivity index (χ4v) is 3.93. The van der Waals surface area contributed by atoms with Gasteiger partial charge in [-0.1, -0.05) is 29.5 Å². The van der Waals surface area contributed by atoms with E-state index in [1.165, 1.54) is 4.68 Å². The molecule has 1 aliphatic rings. The van der Waals surface area contributed by atoms with Crippen LogP contribution >= 0.6 is 11.8 Å². The van der Waals surface area contributed by atoms with Gasteiger partial charge in [0, 0.05) is 6.04 Å². The molecule has 2 aromatic rings. The van der Waals surface area contributed by atoms with Crippen LogP contribution in [-0.2, 0) is 4.79 Å². The van der Waals surface area contributed by atoms with E-state index in [1.807, 2.05) is 32.0 Å². The van der Waals surface area contributed by atoms with Crippen LogP contribution in [0.1, 0.15) is 30.9 Å². The van der Waals surface area contributed by atoms with Crippen molar-refractivity contribution < 1.29 is 18.0 Å². The summed E-state index contributed by atoms with van der Waals surface area (Å²) in [4.78, 5) is 13.5. The van der Waals surface area contributed by atoms with Crippen LogP contribution in [0, 0.1) is 19.8 Å². The molecule has 152 valence electrons. The maximum Gasteiger partial charge on any atom is 0.406 e. The minimum atomic E-state index is -4.43. The molecular formula is C18H22F3N5OS. The molecule has 1 aromatic heterocycles. The van der Waals surface area contributed by atoms with E-state index in [2.05, 4.69) is 15.5 Å². The molecule has 28 heavy (non-hydrogen) atoms. The molecule has 1 amide bonds. The molecule has 0 unspecified atom stereocenters. The molecule has 0 saturated heterocycles. The predicted octanol–water partition coefficient (Wildman–Crippen LogP) is 3.56. The van der Waals surface area contributed by atoms with Gasteiger partial charge in [0.1, 0.15) is 6.54 Å². The third-order valence-corrected chi connectivity index (χ3v) is 5.72. The standard InChI is InChI=1S/C18H22F3N5OS/c1-11-4-7-15(12(2)8-11)26-17(22-23-24-26)28-9-16(27)25(10-18(19,20)21)13(3)14-5-6-14/h4,7-8,13-14H,5-6,9-10H2,1-3H3/t13-/m1/s1. The zero-order valence-electron chi connectivity index (χ0n) is 15.9. The van der Waals surface area contributed by atoms with Crippen LogP contribution in [0.2, 0.25) is 0 Å². The fourth-order valence-electron chi connectivity index (χ4n) is 3.16. The van der Waals surface area contributed by atoms with Gasteiger partial charge in [-0.2, -0.15) is 17.9 Å². The van der Waals surface area contributed by atoms with E-state index in [4.69, 9.17) is 0 Å². The van der Waals surface area contributed by atoms with Crippen molar-refractivity contribution in [3.05, 3.63) is 29.3 Å². The molecule has 3 rings (SSSR count). The molecule has 1 fully saturated rings. The van der Waals surface area contributed by atoms with Crippen LogP contribution in [-0.4, -0.2) is 55.5 Å². The molecule has 0 radical (unpaired) electrons. The maximum atomic E-state index is 12.9. The molecule has 6 nitrogen and oxygen atoms in total. The van der Waals surface area contributed by atoms with Crippen molar-refractivity contribution >= 4 is 17.7 Å². The van der Waals surface area contributed by atoms with Crippen LogP contribution in [0.4, 0.5) is 13.2 Å². The van der Waals surface area contributed by atoms with Gasteiger partial charge < -0.3 is 4.90 Å². The Labute approximate surface area is 165 Å². The molecule has 0 bridgehead atoms. The second-order valence-corrected chi connectivity index (χ2v) is 8.11. The molecule has 1 aromatic carbocycles. The minimum Gasteiger partial charge on any atom is -0.330 e. The molecule has 1 atom stereocenters. The summed E-state index contributed by atoms with van der Waals surface area (Å²) in [5, 5.41) is 11.9. The van der Waals surface area contributed by atoms with Crippen molar-refractivity contribution in [1.82, 2.24) is 25.1 Å². The number of nitrogens with zero attached hydrogens (tertiary/aromatic N) is 5. The summed E-state index contributed by atoms with van der Waals surface area (Å²) in [6, 6.07) is 5.35. The zero-order chi connectivity index (χ0) is 20.5. The summed E-state index contributed by atoms with van der Waals surface area (Å²) >= 11 is 1.04. The number of hydrogen-bond donors (Lipinski definition) is 0. The van der Waals surface area contributed by atoms with Gasteiger partial charge in [0.15, 0.2) is 0 Å². The number of halogens is 3. The van der Waals surface area contributed by atoms with Crippen molar-refractivity contribution in [3.8, 4) is 5.69 Å². The van der Waals surface area contributed by atoms with Crippen molar-refractivity contribution in [2.24, 2.45) is 5.92 Å². The first-order chi connectivity index (χ1) is 13.2. The molecule has 0 spiro atoms. The van der Waals surface area contributed by atoms with Gasteiger partial charge in [-0.3, -0.25) is 4.79 Å². The minimum absolute atomic E-state index is 0.150. The summed E-state index contributed by atoms with van der Waals surface area (Å²) in [6.07, 6.45) is -2.70. The first-order valence-electron chi connectivity index (χ1n) is 9.01. The van der Waals surface area contributed by atoms with Crippen LogP contribution in [0.3, 0.4) is 0 Å². The number of thioether (sulfide) groups is 1. The number of hydrogen-bond acceptors (Lipinski definition) is 5. The smallest absolute Gasteiger partial charge is 0.330 e. The van der Waals surface area contributed by atoms with Gasteiger partial charge in [0.2, 0.25) is 11.1 Å². The number of carbonyl (C=O) groups excluding carboxylic acids is 1. The molecule has 1 heterocycles. The number of amides is 1. The first kappa shape index (κ1) is 20.6. The van der Waals surface area contributed by atoms with Gasteiger partial charge in [0.05, 0.1) is 11.4 Å². The Balaban J connectivity index is 1.72. The highest BCUT2D eigenvalue weighted by atomic mass is 32.2. The monoisotopic (exact) mass is 413 g/mol. The van der Waals surface area contributed by atoms with Gasteiger partial charge in [-0.05, 0) is 61.6 Å². The van der Waals surface area contributed by atoms with Crippen molar-refractivity contribution in [1.29, 1.82) is 0 Å². The molecule has 1 saturated carbocycles. The van der Waals surface area contributed by atoms with Crippen molar-refractivity contribution in [2.45, 2.75) is 51.0 Å². The quantitative estimate of drug-likeness (QED) is 0.650. The third kappa shape index (κ3) is 5.03. The van der Waals surface area contributed by atoms with Crippen LogP contribution in [0.5, 0.6) is 0 Å². The lowest BCUT2D eigenvalue weighted by molar-refractivity contribution is -0.164. The Bertz CT molecular complexity index is 850. The topological polar surface area (TPSA) is 63.9 Å². The number of alkyl halides is 3. The lowest BCUT2D eigenvalue weighted by atomic mass is 10.1. The largest absolute Gasteiger partial charge is 0.406 e. The van der Waals surface area contributed by atoms with Gasteiger partial charge >= 0.3 is 6.18 Å². The molecule has 10 heteroatoms. The molecule has 0 aliphatic heterocycles. The third-order valence-electron chi connectivity index (χ3n) is 4.81. The summed E-state index contributed by atoms with van der Waals surface area (Å²) in [5.41, 5.74) is 2.82. The van der Waals surface area contributed by atoms with Gasteiger partial charge in [-0.15, -0.1) is 5.10 Å². The first-order valence-corrected chi connectivity index (χ1v) is 9.99. The second-order valence-electron chi connectivity index (χ2n) is 7.17. The van der Waals surface area contributed by atoms with Crippen molar-refractivity contribution in [2.75, 3.05) is 12.3 Å². The van der Waals surface area contributed by atoms with E-state index in [9.17, 15) is 18.0 Å². The maximum absolute atomic E-state index is 12.9. The molecule has 1 aliphatic carbocycles. The van der Waals surface area contributed by atoms with Crippen molar-refractivity contribution in [3.63, 3.8) is 0 Å². The zero-order valence-corrected chi connectivity index (χ0v) is 16.7. The number of benzene rings is 1. The molecular weight excluding hydrogens is 391 g/mol. The summed E-state index contributed by atoms with van der Waals surface area (Å²) in [5.74, 6) is -0.563. The number of aryl methyl sites for hydroxylation is 2. The van der Waals surface area contributed by atoms with Gasteiger partial charge in [0.25, 0.3) is 0 Å². The van der Waals surface area contributed by atoms with E-state index >= 15 is 0 Å². The normalized spacial score (nSPS) is 15.5. The number of tetrazole rings is 1. The van der Waals surface area contributed by atoms with Crippen LogP contribution in [0.25, 0.3) is 5.69 Å². The lowest BCUT2D eigenvalue weighted by Gasteiger charge is -2.30. The van der Waals surface area contributed by atoms with E-state index < -0.39 is 24.7 Å². The van der Waals surface area contributed by atoms with Gasteiger partial charge in [-0.25, -0.2) is 0 Å². The summed E-state index contributed by atoms with van der Waals surface area (Å²) in [7, 11) is 0. The average molecular weight is 413 g/mol. The van der Waals surface area contributed by atoms with E-state index in [0.29, 0.717) is 5.16 Å². The number of rotatable bonds is 7. The van der Waals surface area contributed by atoms with E-state index in [0.717, 1.165) is 46.3 Å². The van der Waals surface area contributed by atoms with E-state index in [-0.39, 0.29) is 11.7 Å². The van der Waals surface area contributed by atoms with Crippen LogP contribution < -0.4 is 0 Å². The number of carbonyl (C=O) groups is 1. The SMILES string of the molecule is Cc1ccc(-n2nnnc2SCC(=O)N(CC(F)(F)F)[C@H](C)C2CC2)c(C)c1. The summed E-state index contributed by atoms with van der Waals surface area (Å²) in [6.45, 7) is 4.35. The average Bonchev–Trinajstić information content (AvgIpc) is 3.35. The fraction of sp³-hybridized carbons (Fsp3) is 0.556. The Kier molecular flexibility index (Phi) is 5.97. The highest BCUT2D eigenvalue weighted by molar-refractivity contribution is 7.99. The Hall–Kier alpha value is -2.10. The highest BCUT2D eigenvalue weighted by Gasteiger charge is 2.40. The Morgan fingerprint density at radius 2 is 2.07 bits per heavy atom.